The smallest absolute Gasteiger partial charge is 0.463 e. The van der Waals surface area contributed by atoms with Crippen molar-refractivity contribution in [3.8, 4) is 0 Å². The summed E-state index contributed by atoms with van der Waals surface area (Å²) < 4.78 is 17.6. The van der Waals surface area contributed by atoms with Crippen LogP contribution < -0.4 is 0 Å². The Balaban J connectivity index is 3.54. The average molecular weight is 295 g/mol. The summed E-state index contributed by atoms with van der Waals surface area (Å²) in [7, 11) is 0. The highest BCUT2D eigenvalue weighted by atomic mass is 17.0. The van der Waals surface area contributed by atoms with E-state index in [1.54, 1.807) is 0 Å². The SMILES string of the molecule is CC(OC(=O)OCCCOC(=O)COC=O)O[N+](=O)[O-]. The fourth-order valence-electron chi connectivity index (χ4n) is 0.856. The van der Waals surface area contributed by atoms with Crippen molar-refractivity contribution >= 4 is 18.6 Å². The summed E-state index contributed by atoms with van der Waals surface area (Å²) in [5.74, 6) is -0.743. The minimum absolute atomic E-state index is 0.0602. The lowest BCUT2D eigenvalue weighted by Gasteiger charge is -2.10. The van der Waals surface area contributed by atoms with Gasteiger partial charge in [-0.15, -0.1) is 10.1 Å². The fourth-order valence-corrected chi connectivity index (χ4v) is 0.856. The predicted octanol–water partition coefficient (Wildman–Crippen LogP) is -0.200. The molecule has 11 heteroatoms. The van der Waals surface area contributed by atoms with Gasteiger partial charge in [-0.25, -0.2) is 9.59 Å². The number of ether oxygens (including phenoxy) is 4. The van der Waals surface area contributed by atoms with E-state index in [1.165, 1.54) is 0 Å². The highest BCUT2D eigenvalue weighted by Gasteiger charge is 2.13. The first-order valence-corrected chi connectivity index (χ1v) is 5.31. The third-order valence-electron chi connectivity index (χ3n) is 1.54. The van der Waals surface area contributed by atoms with Gasteiger partial charge in [0.25, 0.3) is 11.6 Å². The van der Waals surface area contributed by atoms with Gasteiger partial charge in [0.2, 0.25) is 6.29 Å². The molecule has 0 aliphatic carbocycles. The number of hydrogen-bond donors (Lipinski definition) is 0. The van der Waals surface area contributed by atoms with Gasteiger partial charge in [0, 0.05) is 6.42 Å². The number of nitrogens with zero attached hydrogens (tertiary/aromatic N) is 1. The maximum atomic E-state index is 11.0. The van der Waals surface area contributed by atoms with E-state index >= 15 is 0 Å². The molecule has 0 aliphatic heterocycles. The van der Waals surface area contributed by atoms with E-state index in [2.05, 4.69) is 23.8 Å². The molecule has 0 amide bonds. The van der Waals surface area contributed by atoms with Crippen LogP contribution in [0.1, 0.15) is 13.3 Å². The van der Waals surface area contributed by atoms with Gasteiger partial charge in [-0.2, -0.15) is 0 Å². The molecular weight excluding hydrogens is 282 g/mol. The third-order valence-corrected chi connectivity index (χ3v) is 1.54. The Morgan fingerprint density at radius 3 is 2.55 bits per heavy atom. The van der Waals surface area contributed by atoms with Crippen LogP contribution in [0.5, 0.6) is 0 Å². The molecule has 1 unspecified atom stereocenters. The van der Waals surface area contributed by atoms with Crippen LogP contribution in [0.4, 0.5) is 4.79 Å². The zero-order chi connectivity index (χ0) is 15.4. The second-order valence-corrected chi connectivity index (χ2v) is 3.09. The van der Waals surface area contributed by atoms with Crippen LogP contribution in [-0.2, 0) is 33.4 Å². The highest BCUT2D eigenvalue weighted by molar-refractivity contribution is 5.71. The highest BCUT2D eigenvalue weighted by Crippen LogP contribution is 1.97. The molecule has 0 fully saturated rings. The van der Waals surface area contributed by atoms with Crippen molar-refractivity contribution in [3.63, 3.8) is 0 Å². The number of hydrogen-bond acceptors (Lipinski definition) is 10. The summed E-state index contributed by atoms with van der Waals surface area (Å²) in [4.78, 5) is 45.4. The lowest BCUT2D eigenvalue weighted by Crippen LogP contribution is -2.22. The van der Waals surface area contributed by atoms with Gasteiger partial charge in [-0.1, -0.05) is 0 Å². The molecule has 0 saturated heterocycles. The van der Waals surface area contributed by atoms with Crippen molar-refractivity contribution in [2.24, 2.45) is 0 Å². The fraction of sp³-hybridized carbons (Fsp3) is 0.667. The summed E-state index contributed by atoms with van der Waals surface area (Å²) >= 11 is 0. The Kier molecular flexibility index (Phi) is 9.00. The number of carbonyl (C=O) groups excluding carboxylic acids is 3. The predicted molar refractivity (Wildman–Crippen MR) is 57.6 cm³/mol. The maximum Gasteiger partial charge on any atom is 0.510 e. The number of rotatable bonds is 10. The quantitative estimate of drug-likeness (QED) is 0.101. The Morgan fingerprint density at radius 2 is 1.95 bits per heavy atom. The maximum absolute atomic E-state index is 11.0. The molecule has 0 aliphatic rings. The van der Waals surface area contributed by atoms with Gasteiger partial charge >= 0.3 is 12.1 Å². The molecule has 0 aromatic carbocycles. The Labute approximate surface area is 112 Å². The van der Waals surface area contributed by atoms with Crippen molar-refractivity contribution in [1.82, 2.24) is 0 Å². The molecule has 0 rings (SSSR count). The standard InChI is InChI=1S/C9H13NO10/c1-7(20-10(14)15)19-9(13)18-4-2-3-17-8(12)5-16-6-11/h6-7H,2-5H2,1H3. The summed E-state index contributed by atoms with van der Waals surface area (Å²) in [6, 6.07) is 0. The van der Waals surface area contributed by atoms with Crippen LogP contribution in [0, 0.1) is 10.1 Å². The second kappa shape index (κ2) is 10.3. The summed E-state index contributed by atoms with van der Waals surface area (Å²) in [5, 5.41) is 8.79. The van der Waals surface area contributed by atoms with Crippen molar-refractivity contribution in [2.45, 2.75) is 19.6 Å². The van der Waals surface area contributed by atoms with E-state index < -0.39 is 30.1 Å². The van der Waals surface area contributed by atoms with Gasteiger partial charge in [-0.05, 0) is 6.92 Å². The molecule has 0 aromatic heterocycles. The van der Waals surface area contributed by atoms with E-state index in [9.17, 15) is 24.5 Å². The van der Waals surface area contributed by atoms with Gasteiger partial charge < -0.3 is 18.9 Å². The molecule has 0 spiro atoms. The lowest BCUT2D eigenvalue weighted by atomic mass is 10.5. The normalized spacial score (nSPS) is 10.8. The molecule has 0 heterocycles. The molecule has 1 atom stereocenters. The van der Waals surface area contributed by atoms with Crippen molar-refractivity contribution in [1.29, 1.82) is 0 Å². The van der Waals surface area contributed by atoms with Crippen LogP contribution in [-0.4, -0.2) is 49.8 Å². The minimum atomic E-state index is -1.39. The Morgan fingerprint density at radius 1 is 1.30 bits per heavy atom. The number of carbonyl (C=O) groups is 3. The molecule has 0 N–H and O–H groups in total. The van der Waals surface area contributed by atoms with E-state index in [0.717, 1.165) is 6.92 Å². The monoisotopic (exact) mass is 295 g/mol. The second-order valence-electron chi connectivity index (χ2n) is 3.09. The van der Waals surface area contributed by atoms with Crippen molar-refractivity contribution < 1.29 is 43.3 Å². The molecule has 0 saturated carbocycles. The molecule has 114 valence electrons. The van der Waals surface area contributed by atoms with E-state index in [0.29, 0.717) is 0 Å². The summed E-state index contributed by atoms with van der Waals surface area (Å²) in [6.45, 7) is 0.552. The molecule has 0 bridgehead atoms. The minimum Gasteiger partial charge on any atom is -0.463 e. The first-order chi connectivity index (χ1) is 9.45. The number of esters is 1. The molecule has 20 heavy (non-hydrogen) atoms. The van der Waals surface area contributed by atoms with E-state index in [-0.39, 0.29) is 26.1 Å². The van der Waals surface area contributed by atoms with Crippen LogP contribution in [0.3, 0.4) is 0 Å². The largest absolute Gasteiger partial charge is 0.510 e. The van der Waals surface area contributed by atoms with Crippen molar-refractivity contribution in [2.75, 3.05) is 19.8 Å². The molecule has 0 aromatic rings. The topological polar surface area (TPSA) is 140 Å². The third kappa shape index (κ3) is 10.6. The van der Waals surface area contributed by atoms with Gasteiger partial charge in [0.05, 0.1) is 13.2 Å². The lowest BCUT2D eigenvalue weighted by molar-refractivity contribution is -0.777. The first kappa shape index (κ1) is 17.4. The van der Waals surface area contributed by atoms with Crippen LogP contribution in [0.25, 0.3) is 0 Å². The summed E-state index contributed by atoms with van der Waals surface area (Å²) in [6.07, 6.45) is -2.38. The van der Waals surface area contributed by atoms with Gasteiger partial charge in [0.1, 0.15) is 0 Å². The molecular formula is C9H13NO10. The van der Waals surface area contributed by atoms with Crippen molar-refractivity contribution in [3.05, 3.63) is 10.1 Å². The Bertz CT molecular complexity index is 344. The molecule has 0 radical (unpaired) electrons. The molecule has 11 nitrogen and oxygen atoms in total. The Hall–Kier alpha value is -2.59. The average Bonchev–Trinajstić information content (AvgIpc) is 2.34. The summed E-state index contributed by atoms with van der Waals surface area (Å²) in [5.41, 5.74) is 0. The van der Waals surface area contributed by atoms with Gasteiger partial charge in [-0.3, -0.25) is 9.63 Å². The zero-order valence-corrected chi connectivity index (χ0v) is 10.5. The van der Waals surface area contributed by atoms with Crippen LogP contribution in [0.15, 0.2) is 0 Å². The zero-order valence-electron chi connectivity index (χ0n) is 10.5. The van der Waals surface area contributed by atoms with E-state index in [1.807, 2.05) is 0 Å². The van der Waals surface area contributed by atoms with Crippen LogP contribution in [0.2, 0.25) is 0 Å². The first-order valence-electron chi connectivity index (χ1n) is 5.31. The van der Waals surface area contributed by atoms with Gasteiger partial charge in [0.15, 0.2) is 6.61 Å². The van der Waals surface area contributed by atoms with E-state index in [4.69, 9.17) is 0 Å². The van der Waals surface area contributed by atoms with Crippen LogP contribution >= 0.6 is 0 Å².